The van der Waals surface area contributed by atoms with Crippen LogP contribution in [0.15, 0.2) is 12.1 Å². The summed E-state index contributed by atoms with van der Waals surface area (Å²) < 4.78 is 4.75. The van der Waals surface area contributed by atoms with E-state index >= 15 is 0 Å². The number of fused-ring (bicyclic) bond motifs is 1. The number of carbonyl (C=O) groups excluding carboxylic acids is 3. The number of ether oxygens (including phenoxy) is 1. The van der Waals surface area contributed by atoms with Gasteiger partial charge >= 0.3 is 11.9 Å². The van der Waals surface area contributed by atoms with Crippen LogP contribution in [0.25, 0.3) is 0 Å². The Balaban J connectivity index is 2.58. The number of cyclic esters (lactones) is 1. The minimum Gasteiger partial charge on any atom is -0.479 e. The van der Waals surface area contributed by atoms with Gasteiger partial charge in [-0.3, -0.25) is 9.59 Å². The van der Waals surface area contributed by atoms with Crippen molar-refractivity contribution in [2.24, 2.45) is 0 Å². The number of aliphatic hydroxyl groups is 1. The molecular weight excluding hydrogens is 256 g/mol. The van der Waals surface area contributed by atoms with Crippen molar-refractivity contribution < 1.29 is 34.1 Å². The van der Waals surface area contributed by atoms with Crippen molar-refractivity contribution in [3.05, 3.63) is 34.4 Å². The quantitative estimate of drug-likeness (QED) is 0.579. The molecule has 0 amide bonds. The van der Waals surface area contributed by atoms with E-state index in [0.29, 0.717) is 12.6 Å². The smallest absolute Gasteiger partial charge is 0.339 e. The molecule has 2 N–H and O–H groups in total. The second-order valence-electron chi connectivity index (χ2n) is 3.91. The lowest BCUT2D eigenvalue weighted by Gasteiger charge is -2.14. The van der Waals surface area contributed by atoms with Crippen LogP contribution in [-0.4, -0.2) is 40.8 Å². The third-order valence-electron chi connectivity index (χ3n) is 2.81. The average molecular weight is 264 g/mol. The van der Waals surface area contributed by atoms with Crippen molar-refractivity contribution in [3.8, 4) is 0 Å². The Morgan fingerprint density at radius 3 is 2.37 bits per heavy atom. The maximum absolute atomic E-state index is 11.5. The summed E-state index contributed by atoms with van der Waals surface area (Å²) in [6.45, 7) is 0. The van der Waals surface area contributed by atoms with Gasteiger partial charge in [-0.1, -0.05) is 0 Å². The molecule has 1 aromatic carbocycles. The average Bonchev–Trinajstić information content (AvgIpc) is 2.72. The van der Waals surface area contributed by atoms with Gasteiger partial charge < -0.3 is 14.9 Å². The number of aliphatic carboxylic acids is 1. The largest absolute Gasteiger partial charge is 0.479 e. The first kappa shape index (κ1) is 12.9. The first-order chi connectivity index (χ1) is 8.99. The molecule has 0 radical (unpaired) electrons. The van der Waals surface area contributed by atoms with E-state index in [2.05, 4.69) is 0 Å². The molecule has 1 aliphatic rings. The molecule has 0 fully saturated rings. The number of benzene rings is 1. The lowest BCUT2D eigenvalue weighted by molar-refractivity contribution is -0.152. The van der Waals surface area contributed by atoms with Gasteiger partial charge in [-0.15, -0.1) is 0 Å². The van der Waals surface area contributed by atoms with Crippen LogP contribution in [-0.2, 0) is 9.53 Å². The second-order valence-corrected chi connectivity index (χ2v) is 3.91. The summed E-state index contributed by atoms with van der Waals surface area (Å²) in [6, 6.07) is 2.32. The lowest BCUT2D eigenvalue weighted by Crippen LogP contribution is -2.27. The Hall–Kier alpha value is -2.54. The number of esters is 1. The summed E-state index contributed by atoms with van der Waals surface area (Å²) in [5.74, 6) is -2.40. The standard InChI is InChI=1S/C12H8O7/c13-3-5-1-7-8(2-6(5)4-14)12(18)19-10(7)9(15)11(16)17/h1-4,9-10,15H,(H,16,17)/t9?,10-/m1/s1. The molecule has 19 heavy (non-hydrogen) atoms. The molecule has 0 aliphatic carbocycles. The van der Waals surface area contributed by atoms with Gasteiger partial charge in [0.2, 0.25) is 0 Å². The molecule has 0 saturated carbocycles. The third kappa shape index (κ3) is 2.00. The molecule has 1 aliphatic heterocycles. The molecule has 1 unspecified atom stereocenters. The molecule has 2 rings (SSSR count). The summed E-state index contributed by atoms with van der Waals surface area (Å²) in [5, 5.41) is 18.2. The fourth-order valence-corrected chi connectivity index (χ4v) is 1.87. The van der Waals surface area contributed by atoms with E-state index in [0.717, 1.165) is 6.07 Å². The second kappa shape index (κ2) is 4.62. The molecule has 98 valence electrons. The zero-order valence-corrected chi connectivity index (χ0v) is 9.40. The number of hydrogen-bond acceptors (Lipinski definition) is 6. The van der Waals surface area contributed by atoms with Crippen molar-refractivity contribution in [1.82, 2.24) is 0 Å². The highest BCUT2D eigenvalue weighted by Crippen LogP contribution is 2.34. The van der Waals surface area contributed by atoms with E-state index in [4.69, 9.17) is 9.84 Å². The molecular formula is C12H8O7. The minimum absolute atomic E-state index is 0.00355. The fourth-order valence-electron chi connectivity index (χ4n) is 1.87. The molecule has 7 heteroatoms. The van der Waals surface area contributed by atoms with Gasteiger partial charge in [0.15, 0.2) is 24.8 Å². The van der Waals surface area contributed by atoms with Crippen LogP contribution in [0, 0.1) is 0 Å². The van der Waals surface area contributed by atoms with E-state index in [1.165, 1.54) is 6.07 Å². The summed E-state index contributed by atoms with van der Waals surface area (Å²) in [5.41, 5.74) is 0.0383. The van der Waals surface area contributed by atoms with Gasteiger partial charge in [-0.2, -0.15) is 0 Å². The van der Waals surface area contributed by atoms with Crippen molar-refractivity contribution in [3.63, 3.8) is 0 Å². The first-order valence-corrected chi connectivity index (χ1v) is 5.19. The summed E-state index contributed by atoms with van der Waals surface area (Å²) in [6.07, 6.45) is -2.53. The number of aliphatic hydroxyl groups excluding tert-OH is 1. The summed E-state index contributed by atoms with van der Waals surface area (Å²) >= 11 is 0. The number of carboxylic acid groups (broad SMARTS) is 1. The van der Waals surface area contributed by atoms with Crippen LogP contribution in [0.4, 0.5) is 0 Å². The molecule has 1 heterocycles. The fraction of sp³-hybridized carbons (Fsp3) is 0.167. The molecule has 1 aromatic rings. The van der Waals surface area contributed by atoms with E-state index < -0.39 is 24.1 Å². The van der Waals surface area contributed by atoms with Gasteiger partial charge in [-0.25, -0.2) is 9.59 Å². The van der Waals surface area contributed by atoms with Crippen molar-refractivity contribution in [1.29, 1.82) is 0 Å². The number of aldehydes is 2. The Kier molecular flexibility index (Phi) is 3.14. The van der Waals surface area contributed by atoms with Crippen molar-refractivity contribution in [2.75, 3.05) is 0 Å². The van der Waals surface area contributed by atoms with Crippen molar-refractivity contribution in [2.45, 2.75) is 12.2 Å². The molecule has 0 aromatic heterocycles. The SMILES string of the molecule is O=Cc1cc2c(cc1C=O)[C@H](C(O)C(=O)O)OC2=O. The predicted molar refractivity (Wildman–Crippen MR) is 59.0 cm³/mol. The first-order valence-electron chi connectivity index (χ1n) is 5.19. The van der Waals surface area contributed by atoms with Gasteiger partial charge in [0.25, 0.3) is 0 Å². The van der Waals surface area contributed by atoms with Crippen LogP contribution in [0.5, 0.6) is 0 Å². The number of carbonyl (C=O) groups is 4. The van der Waals surface area contributed by atoms with Gasteiger partial charge in [0.1, 0.15) is 0 Å². The predicted octanol–water partition coefficient (Wildman–Crippen LogP) is -0.0314. The highest BCUT2D eigenvalue weighted by Gasteiger charge is 2.40. The topological polar surface area (TPSA) is 118 Å². The lowest BCUT2D eigenvalue weighted by atomic mass is 9.96. The number of rotatable bonds is 4. The molecule has 7 nitrogen and oxygen atoms in total. The van der Waals surface area contributed by atoms with Crippen LogP contribution in [0.3, 0.4) is 0 Å². The third-order valence-corrected chi connectivity index (χ3v) is 2.81. The van der Waals surface area contributed by atoms with E-state index in [1.54, 1.807) is 0 Å². The Bertz CT molecular complexity index is 590. The maximum atomic E-state index is 11.5. The highest BCUT2D eigenvalue weighted by molar-refractivity contribution is 6.00. The Morgan fingerprint density at radius 2 is 1.84 bits per heavy atom. The Morgan fingerprint density at radius 1 is 1.26 bits per heavy atom. The van der Waals surface area contributed by atoms with E-state index in [1.807, 2.05) is 0 Å². The van der Waals surface area contributed by atoms with Crippen LogP contribution in [0.1, 0.15) is 42.7 Å². The normalized spacial score (nSPS) is 18.4. The van der Waals surface area contributed by atoms with Crippen LogP contribution in [0.2, 0.25) is 0 Å². The molecule has 0 saturated heterocycles. The van der Waals surface area contributed by atoms with Crippen molar-refractivity contribution >= 4 is 24.5 Å². The van der Waals surface area contributed by atoms with E-state index in [-0.39, 0.29) is 22.3 Å². The minimum atomic E-state index is -1.94. The number of carboxylic acids is 1. The van der Waals surface area contributed by atoms with Gasteiger partial charge in [-0.05, 0) is 12.1 Å². The summed E-state index contributed by atoms with van der Waals surface area (Å²) in [7, 11) is 0. The highest BCUT2D eigenvalue weighted by atomic mass is 16.6. The zero-order chi connectivity index (χ0) is 14.2. The van der Waals surface area contributed by atoms with Crippen LogP contribution >= 0.6 is 0 Å². The van der Waals surface area contributed by atoms with E-state index in [9.17, 15) is 24.3 Å². The molecule has 0 bridgehead atoms. The van der Waals surface area contributed by atoms with Gasteiger partial charge in [0, 0.05) is 16.7 Å². The maximum Gasteiger partial charge on any atom is 0.339 e. The molecule has 2 atom stereocenters. The summed E-state index contributed by atoms with van der Waals surface area (Å²) in [4.78, 5) is 43.8. The molecule has 0 spiro atoms. The zero-order valence-electron chi connectivity index (χ0n) is 9.40. The van der Waals surface area contributed by atoms with Gasteiger partial charge in [0.05, 0.1) is 5.56 Å². The Labute approximate surface area is 106 Å². The van der Waals surface area contributed by atoms with Crippen LogP contribution < -0.4 is 0 Å². The monoisotopic (exact) mass is 264 g/mol. The number of hydrogen-bond donors (Lipinski definition) is 2.